The van der Waals surface area contributed by atoms with E-state index in [2.05, 4.69) is 0 Å². The molecule has 0 fully saturated rings. The lowest BCUT2D eigenvalue weighted by Crippen LogP contribution is -2.28. The Bertz CT molecular complexity index is 1470. The first-order valence-electron chi connectivity index (χ1n) is 10.7. The molecular weight excluding hydrogens is 450 g/mol. The van der Waals surface area contributed by atoms with Crippen LogP contribution in [-0.4, -0.2) is 34.2 Å². The van der Waals surface area contributed by atoms with Gasteiger partial charge in [0.15, 0.2) is 11.5 Å². The highest BCUT2D eigenvalue weighted by Gasteiger charge is 2.39. The number of anilines is 1. The van der Waals surface area contributed by atoms with E-state index in [1.54, 1.807) is 38.1 Å². The zero-order chi connectivity index (χ0) is 25.3. The normalized spacial score (nSPS) is 14.6. The Morgan fingerprint density at radius 2 is 1.86 bits per heavy atom. The van der Waals surface area contributed by atoms with Crippen LogP contribution < -0.4 is 4.90 Å². The Labute approximate surface area is 200 Å². The minimum Gasteiger partial charge on any atom is -0.505 e. The van der Waals surface area contributed by atoms with Crippen molar-refractivity contribution in [2.45, 2.75) is 13.8 Å². The summed E-state index contributed by atoms with van der Waals surface area (Å²) < 4.78 is 4.99. The van der Waals surface area contributed by atoms with Crippen molar-refractivity contribution in [1.29, 1.82) is 5.41 Å². The number of esters is 1. The molecule has 9 nitrogen and oxygen atoms in total. The standard InChI is InChI=1S/C26H21N3O6/c1-3-35-26(32)23-24(31)21(14-22(30)19-10-6-8-16-7-4-5-9-18(16)19)28(25(23)27)20-13-17(29(33)34)12-11-15(20)2/h4-14,27,31H,3H2,1-2H3/b21-14+,27-25?. The maximum Gasteiger partial charge on any atom is 0.345 e. The van der Waals surface area contributed by atoms with Gasteiger partial charge in [-0.05, 0) is 30.2 Å². The van der Waals surface area contributed by atoms with E-state index in [1.165, 1.54) is 18.2 Å². The van der Waals surface area contributed by atoms with Gasteiger partial charge in [-0.15, -0.1) is 0 Å². The average Bonchev–Trinajstić information content (AvgIpc) is 3.08. The molecule has 0 saturated carbocycles. The second-order valence-corrected chi connectivity index (χ2v) is 7.78. The molecule has 3 aromatic rings. The van der Waals surface area contributed by atoms with Gasteiger partial charge in [-0.2, -0.15) is 0 Å². The number of aryl methyl sites for hydroxylation is 1. The first kappa shape index (κ1) is 23.4. The van der Waals surface area contributed by atoms with Gasteiger partial charge in [-0.3, -0.25) is 25.2 Å². The monoisotopic (exact) mass is 471 g/mol. The molecule has 2 N–H and O–H groups in total. The van der Waals surface area contributed by atoms with E-state index in [1.807, 2.05) is 18.2 Å². The van der Waals surface area contributed by atoms with Crippen LogP contribution in [0.25, 0.3) is 10.8 Å². The van der Waals surface area contributed by atoms with Crippen LogP contribution >= 0.6 is 0 Å². The van der Waals surface area contributed by atoms with Gasteiger partial charge in [0.05, 0.1) is 22.9 Å². The summed E-state index contributed by atoms with van der Waals surface area (Å²) in [7, 11) is 0. The molecule has 9 heteroatoms. The predicted molar refractivity (Wildman–Crippen MR) is 131 cm³/mol. The van der Waals surface area contributed by atoms with Crippen LogP contribution in [0.3, 0.4) is 0 Å². The summed E-state index contributed by atoms with van der Waals surface area (Å²) in [4.78, 5) is 37.9. The summed E-state index contributed by atoms with van der Waals surface area (Å²) in [5.74, 6) is -2.49. The maximum atomic E-state index is 13.4. The molecule has 0 saturated heterocycles. The Balaban J connectivity index is 1.91. The lowest BCUT2D eigenvalue weighted by atomic mass is 10.0. The van der Waals surface area contributed by atoms with Crippen molar-refractivity contribution in [2.24, 2.45) is 0 Å². The van der Waals surface area contributed by atoms with Gasteiger partial charge in [0.2, 0.25) is 0 Å². The van der Waals surface area contributed by atoms with E-state index in [4.69, 9.17) is 10.1 Å². The van der Waals surface area contributed by atoms with Crippen molar-refractivity contribution < 1.29 is 24.4 Å². The number of nitrogens with zero attached hydrogens (tertiary/aromatic N) is 2. The molecular formula is C26H21N3O6. The van der Waals surface area contributed by atoms with E-state index >= 15 is 0 Å². The second-order valence-electron chi connectivity index (χ2n) is 7.78. The molecule has 1 aliphatic heterocycles. The summed E-state index contributed by atoms with van der Waals surface area (Å²) in [6.07, 6.45) is 1.12. The Kier molecular flexibility index (Phi) is 6.16. The molecule has 0 spiro atoms. The number of nitro groups is 1. The van der Waals surface area contributed by atoms with Crippen molar-refractivity contribution in [3.63, 3.8) is 0 Å². The number of hydrogen-bond donors (Lipinski definition) is 2. The summed E-state index contributed by atoms with van der Waals surface area (Å²) in [6, 6.07) is 16.5. The van der Waals surface area contributed by atoms with Gasteiger partial charge >= 0.3 is 5.97 Å². The molecule has 0 aliphatic carbocycles. The summed E-state index contributed by atoms with van der Waals surface area (Å²) >= 11 is 0. The Morgan fingerprint density at radius 1 is 1.14 bits per heavy atom. The van der Waals surface area contributed by atoms with E-state index in [9.17, 15) is 24.8 Å². The van der Waals surface area contributed by atoms with Crippen molar-refractivity contribution in [1.82, 2.24) is 0 Å². The number of ketones is 1. The van der Waals surface area contributed by atoms with Crippen LogP contribution in [0.5, 0.6) is 0 Å². The number of nitrogens with one attached hydrogen (secondary N) is 1. The predicted octanol–water partition coefficient (Wildman–Crippen LogP) is 5.00. The number of rotatable bonds is 6. The van der Waals surface area contributed by atoms with Crippen molar-refractivity contribution in [3.05, 3.63) is 105 Å². The number of carbonyl (C=O) groups is 2. The summed E-state index contributed by atoms with van der Waals surface area (Å²) in [5, 5.41) is 32.5. The van der Waals surface area contributed by atoms with Crippen molar-refractivity contribution in [3.8, 4) is 0 Å². The number of benzene rings is 3. The fraction of sp³-hybridized carbons (Fsp3) is 0.115. The molecule has 0 atom stereocenters. The number of aliphatic hydroxyl groups excluding tert-OH is 1. The minimum absolute atomic E-state index is 0.00666. The highest BCUT2D eigenvalue weighted by Crippen LogP contribution is 2.37. The van der Waals surface area contributed by atoms with Gasteiger partial charge in [0.1, 0.15) is 11.4 Å². The number of allylic oxidation sites excluding steroid dienone is 1. The molecule has 176 valence electrons. The Morgan fingerprint density at radius 3 is 2.57 bits per heavy atom. The fourth-order valence-corrected chi connectivity index (χ4v) is 3.95. The maximum absolute atomic E-state index is 13.4. The third-order valence-electron chi connectivity index (χ3n) is 5.63. The van der Waals surface area contributed by atoms with Crippen LogP contribution in [0.1, 0.15) is 22.8 Å². The van der Waals surface area contributed by atoms with Crippen LogP contribution in [0.2, 0.25) is 0 Å². The molecule has 1 heterocycles. The van der Waals surface area contributed by atoms with Crippen molar-refractivity contribution >= 4 is 39.7 Å². The number of ether oxygens (including phenoxy) is 1. The molecule has 0 radical (unpaired) electrons. The number of fused-ring (bicyclic) bond motifs is 1. The molecule has 35 heavy (non-hydrogen) atoms. The molecule has 0 unspecified atom stereocenters. The van der Waals surface area contributed by atoms with Gasteiger partial charge in [-0.1, -0.05) is 48.5 Å². The fourth-order valence-electron chi connectivity index (χ4n) is 3.95. The molecule has 3 aromatic carbocycles. The Hall–Kier alpha value is -4.79. The number of amidine groups is 1. The topological polar surface area (TPSA) is 134 Å². The quantitative estimate of drug-likeness (QED) is 0.170. The van der Waals surface area contributed by atoms with Crippen LogP contribution in [0.15, 0.2) is 83.8 Å². The number of hydrogen-bond acceptors (Lipinski definition) is 7. The summed E-state index contributed by atoms with van der Waals surface area (Å²) in [6.45, 7) is 3.25. The van der Waals surface area contributed by atoms with E-state index in [0.717, 1.165) is 16.4 Å². The largest absolute Gasteiger partial charge is 0.505 e. The first-order valence-corrected chi connectivity index (χ1v) is 10.7. The molecule has 1 aliphatic rings. The lowest BCUT2D eigenvalue weighted by molar-refractivity contribution is -0.384. The third-order valence-corrected chi connectivity index (χ3v) is 5.63. The zero-order valence-corrected chi connectivity index (χ0v) is 18.9. The van der Waals surface area contributed by atoms with Gasteiger partial charge in [-0.25, -0.2) is 4.79 Å². The molecule has 0 amide bonds. The smallest absolute Gasteiger partial charge is 0.345 e. The number of nitro benzene ring substituents is 1. The molecule has 0 aromatic heterocycles. The van der Waals surface area contributed by atoms with Gasteiger partial charge in [0.25, 0.3) is 5.69 Å². The number of non-ortho nitro benzene ring substituents is 1. The number of aliphatic hydroxyl groups is 1. The van der Waals surface area contributed by atoms with Crippen molar-refractivity contribution in [2.75, 3.05) is 11.5 Å². The molecule has 0 bridgehead atoms. The zero-order valence-electron chi connectivity index (χ0n) is 18.9. The van der Waals surface area contributed by atoms with Crippen LogP contribution in [0.4, 0.5) is 11.4 Å². The van der Waals surface area contributed by atoms with E-state index < -0.39 is 33.8 Å². The highest BCUT2D eigenvalue weighted by molar-refractivity contribution is 6.29. The minimum atomic E-state index is -0.941. The SMILES string of the molecule is CCOC(=O)C1=C(O)/C(=C\C(=O)c2cccc3ccccc23)N(c2cc([N+](=O)[O-])ccc2C)C1=N. The second kappa shape index (κ2) is 9.22. The van der Waals surface area contributed by atoms with Crippen LogP contribution in [0, 0.1) is 22.4 Å². The molecule has 4 rings (SSSR count). The average molecular weight is 471 g/mol. The first-order chi connectivity index (χ1) is 16.7. The number of carbonyl (C=O) groups excluding carboxylic acids is 2. The van der Waals surface area contributed by atoms with Crippen LogP contribution in [-0.2, 0) is 9.53 Å². The van der Waals surface area contributed by atoms with E-state index in [0.29, 0.717) is 16.5 Å². The third kappa shape index (κ3) is 4.15. The summed E-state index contributed by atoms with van der Waals surface area (Å²) in [5.41, 5.74) is 0.223. The lowest BCUT2D eigenvalue weighted by Gasteiger charge is -2.22. The van der Waals surface area contributed by atoms with Gasteiger partial charge in [0, 0.05) is 23.8 Å². The van der Waals surface area contributed by atoms with E-state index in [-0.39, 0.29) is 23.7 Å². The van der Waals surface area contributed by atoms with Gasteiger partial charge < -0.3 is 9.84 Å². The highest BCUT2D eigenvalue weighted by atomic mass is 16.6.